The molecule has 1 atom stereocenters. The van der Waals surface area contributed by atoms with Gasteiger partial charge in [-0.2, -0.15) is 8.42 Å². The van der Waals surface area contributed by atoms with Crippen molar-refractivity contribution in [3.63, 3.8) is 0 Å². The van der Waals surface area contributed by atoms with Crippen LogP contribution in [0.1, 0.15) is 52.5 Å². The Morgan fingerprint density at radius 2 is 1.80 bits per heavy atom. The number of benzene rings is 2. The van der Waals surface area contributed by atoms with E-state index in [0.29, 0.717) is 33.1 Å². The van der Waals surface area contributed by atoms with Gasteiger partial charge in [-0.05, 0) is 50.2 Å². The first kappa shape index (κ1) is 30.5. The Morgan fingerprint density at radius 3 is 2.48 bits per heavy atom. The zero-order chi connectivity index (χ0) is 28.8. The molecule has 2 aliphatic rings. The molecule has 1 unspecified atom stereocenters. The maximum atomic E-state index is 12.3. The van der Waals surface area contributed by atoms with E-state index < -0.39 is 10.1 Å². The molecule has 2 heterocycles. The molecule has 7 nitrogen and oxygen atoms in total. The minimum atomic E-state index is -3.76. The van der Waals surface area contributed by atoms with Crippen LogP contribution in [0, 0.1) is 18.8 Å². The summed E-state index contributed by atoms with van der Waals surface area (Å²) in [5.74, 6) is 2.86. The predicted octanol–water partition coefficient (Wildman–Crippen LogP) is 6.45. The molecule has 2 aromatic carbocycles. The van der Waals surface area contributed by atoms with Gasteiger partial charge in [-0.1, -0.05) is 69.2 Å². The molecule has 0 bridgehead atoms. The molecule has 0 amide bonds. The number of rotatable bonds is 10. The van der Waals surface area contributed by atoms with Gasteiger partial charge in [0.15, 0.2) is 0 Å². The van der Waals surface area contributed by atoms with E-state index in [4.69, 9.17) is 18.4 Å². The third kappa shape index (κ3) is 8.08. The van der Waals surface area contributed by atoms with Crippen molar-refractivity contribution in [2.75, 3.05) is 20.0 Å². The van der Waals surface area contributed by atoms with Crippen LogP contribution >= 0.6 is 0 Å². The third-order valence-electron chi connectivity index (χ3n) is 6.56. The van der Waals surface area contributed by atoms with Gasteiger partial charge in [0, 0.05) is 0 Å². The SMILES string of the molecule is Cc1ccc(S(=O)(=O)OCCOC2(CC(C)C)C=CC(CC(C)C)=CC2)cc1.c1nc2ccc3c(c2[se]1)OCO3. The van der Waals surface area contributed by atoms with Crippen LogP contribution in [0.25, 0.3) is 9.78 Å². The average molecular weight is 633 g/mol. The van der Waals surface area contributed by atoms with Gasteiger partial charge in [-0.3, -0.25) is 4.18 Å². The molecule has 0 fully saturated rings. The van der Waals surface area contributed by atoms with Crippen molar-refractivity contribution in [1.29, 1.82) is 0 Å². The fourth-order valence-electron chi connectivity index (χ4n) is 4.78. The summed E-state index contributed by atoms with van der Waals surface area (Å²) in [7, 11) is -3.76. The summed E-state index contributed by atoms with van der Waals surface area (Å²) in [4.78, 5) is 4.42. The van der Waals surface area contributed by atoms with Crippen LogP contribution in [-0.2, 0) is 19.0 Å². The Balaban J connectivity index is 0.000000251. The van der Waals surface area contributed by atoms with E-state index in [1.54, 1.807) is 24.3 Å². The molecule has 0 spiro atoms. The number of allylic oxidation sites excluding steroid dienone is 2. The van der Waals surface area contributed by atoms with Gasteiger partial charge in [0.25, 0.3) is 10.1 Å². The molecule has 40 heavy (non-hydrogen) atoms. The van der Waals surface area contributed by atoms with Gasteiger partial charge in [0.1, 0.15) is 0 Å². The fourth-order valence-corrected chi connectivity index (χ4v) is 7.31. The number of hydrogen-bond acceptors (Lipinski definition) is 7. The summed E-state index contributed by atoms with van der Waals surface area (Å²) in [5.41, 5.74) is 3.01. The first-order chi connectivity index (χ1) is 19.1. The van der Waals surface area contributed by atoms with Gasteiger partial charge in [0.2, 0.25) is 0 Å². The summed E-state index contributed by atoms with van der Waals surface area (Å²) in [6.45, 7) is 11.3. The van der Waals surface area contributed by atoms with Gasteiger partial charge in [-0.15, -0.1) is 0 Å². The van der Waals surface area contributed by atoms with Crippen LogP contribution in [0.3, 0.4) is 0 Å². The number of aromatic nitrogens is 1. The van der Waals surface area contributed by atoms with Crippen molar-refractivity contribution in [2.45, 2.75) is 64.4 Å². The molecule has 0 saturated carbocycles. The summed E-state index contributed by atoms with van der Waals surface area (Å²) in [5, 5.41) is 1.96. The number of hydrogen-bond donors (Lipinski definition) is 0. The van der Waals surface area contributed by atoms with E-state index in [2.05, 4.69) is 50.9 Å². The van der Waals surface area contributed by atoms with Crippen molar-refractivity contribution in [3.05, 3.63) is 70.8 Å². The number of ether oxygens (including phenoxy) is 3. The first-order valence-corrected chi connectivity index (χ1v) is 16.9. The molecule has 1 aromatic heterocycles. The molecule has 216 valence electrons. The van der Waals surface area contributed by atoms with Gasteiger partial charge < -0.3 is 4.74 Å². The van der Waals surface area contributed by atoms with Crippen LogP contribution < -0.4 is 9.47 Å². The normalized spacial score (nSPS) is 18.2. The van der Waals surface area contributed by atoms with Crippen molar-refractivity contribution in [1.82, 2.24) is 4.98 Å². The first-order valence-electron chi connectivity index (χ1n) is 13.7. The fraction of sp³-hybridized carbons (Fsp3) is 0.452. The molecule has 9 heteroatoms. The summed E-state index contributed by atoms with van der Waals surface area (Å²) >= 11 is 0.328. The van der Waals surface area contributed by atoms with E-state index in [-0.39, 0.29) is 23.7 Å². The topological polar surface area (TPSA) is 84.0 Å². The van der Waals surface area contributed by atoms with Crippen LogP contribution in [0.5, 0.6) is 11.5 Å². The zero-order valence-electron chi connectivity index (χ0n) is 23.9. The predicted molar refractivity (Wildman–Crippen MR) is 159 cm³/mol. The quantitative estimate of drug-likeness (QED) is 0.144. The van der Waals surface area contributed by atoms with Gasteiger partial charge in [0.05, 0.1) is 23.7 Å². The standard InChI is InChI=1S/C23H34O4S.C8H5NO2Se/c1-18(2)16-21-10-12-23(13-11-21,17-19(3)4)26-14-15-27-28(24,25)22-8-6-20(5)7-9-22;1-2-6-7(11-4-10-6)8-5(1)9-3-12-8/h6-12,18-19H,13-17H2,1-5H3;1-3H,4H2. The molecule has 1 aliphatic heterocycles. The molecule has 1 aliphatic carbocycles. The number of fused-ring (bicyclic) bond motifs is 3. The molecule has 3 aromatic rings. The Hall–Kier alpha value is -2.42. The Bertz CT molecular complexity index is 1440. The van der Waals surface area contributed by atoms with Crippen molar-refractivity contribution in [2.24, 2.45) is 11.8 Å². The summed E-state index contributed by atoms with van der Waals surface area (Å²) in [6, 6.07) is 10.6. The molecule has 5 rings (SSSR count). The Kier molecular flexibility index (Phi) is 10.3. The molecule has 0 radical (unpaired) electrons. The minimum absolute atomic E-state index is 0.00641. The Morgan fingerprint density at radius 1 is 1.02 bits per heavy atom. The molecule has 0 N–H and O–H groups in total. The monoisotopic (exact) mass is 633 g/mol. The second-order valence-corrected chi connectivity index (χ2v) is 14.4. The average Bonchev–Trinajstić information content (AvgIpc) is 3.57. The third-order valence-corrected chi connectivity index (χ3v) is 9.66. The molecular weight excluding hydrogens is 593 g/mol. The Labute approximate surface area is 244 Å². The maximum absolute atomic E-state index is 12.3. The van der Waals surface area contributed by atoms with Crippen LogP contribution in [-0.4, -0.2) is 53.5 Å². The molecule has 0 saturated heterocycles. The summed E-state index contributed by atoms with van der Waals surface area (Å²) < 4.78 is 47.8. The number of nitrogens with zero attached hydrogens (tertiary/aromatic N) is 1. The zero-order valence-corrected chi connectivity index (χ0v) is 26.4. The summed E-state index contributed by atoms with van der Waals surface area (Å²) in [6.07, 6.45) is 9.33. The van der Waals surface area contributed by atoms with Crippen LogP contribution in [0.4, 0.5) is 0 Å². The van der Waals surface area contributed by atoms with Crippen LogP contribution in [0.15, 0.2) is 70.2 Å². The van der Waals surface area contributed by atoms with E-state index in [1.165, 1.54) is 9.83 Å². The number of aryl methyl sites for hydroxylation is 1. The molecular formula is C31H39NO6SSe. The van der Waals surface area contributed by atoms with E-state index >= 15 is 0 Å². The van der Waals surface area contributed by atoms with E-state index in [1.807, 2.05) is 24.1 Å². The van der Waals surface area contributed by atoms with E-state index in [9.17, 15) is 8.42 Å². The second-order valence-electron chi connectivity index (χ2n) is 11.0. The van der Waals surface area contributed by atoms with Crippen molar-refractivity contribution in [3.8, 4) is 11.5 Å². The van der Waals surface area contributed by atoms with Gasteiger partial charge in [-0.25, -0.2) is 0 Å². The van der Waals surface area contributed by atoms with E-state index in [0.717, 1.165) is 41.8 Å². The van der Waals surface area contributed by atoms with Crippen molar-refractivity contribution < 1.29 is 26.8 Å². The van der Waals surface area contributed by atoms with Crippen LogP contribution in [0.2, 0.25) is 0 Å². The van der Waals surface area contributed by atoms with Crippen molar-refractivity contribution >= 4 is 34.4 Å². The second kappa shape index (κ2) is 13.5. The van der Waals surface area contributed by atoms with Gasteiger partial charge >= 0.3 is 74.2 Å².